The van der Waals surface area contributed by atoms with Crippen LogP contribution in [0.2, 0.25) is 0 Å². The molecular formula is C30H26N4O6. The number of para-hydroxylation sites is 1. The SMILES string of the molecule is C=CCc1cc(C=Nn2c(-c3cc4c(OC)cccc4o3)nc3ccccc3c2=O)cc(OC)c1OCC(N)=O. The highest BCUT2D eigenvalue weighted by Crippen LogP contribution is 2.34. The van der Waals surface area contributed by atoms with Crippen molar-refractivity contribution in [1.82, 2.24) is 9.66 Å². The first-order valence-corrected chi connectivity index (χ1v) is 12.3. The van der Waals surface area contributed by atoms with Crippen LogP contribution in [0.4, 0.5) is 0 Å². The number of fused-ring (bicyclic) bond motifs is 2. The molecule has 0 saturated heterocycles. The number of ether oxygens (including phenoxy) is 3. The summed E-state index contributed by atoms with van der Waals surface area (Å²) in [5.74, 6) is 1.33. The number of methoxy groups -OCH3 is 2. The zero-order valence-corrected chi connectivity index (χ0v) is 21.9. The van der Waals surface area contributed by atoms with Crippen LogP contribution >= 0.6 is 0 Å². The lowest BCUT2D eigenvalue weighted by Crippen LogP contribution is -2.21. The van der Waals surface area contributed by atoms with Gasteiger partial charge >= 0.3 is 0 Å². The molecule has 0 aliphatic rings. The first-order valence-electron chi connectivity index (χ1n) is 12.3. The number of allylic oxidation sites excluding steroid dienone is 1. The second kappa shape index (κ2) is 11.2. The Morgan fingerprint density at radius 2 is 1.88 bits per heavy atom. The molecule has 0 bridgehead atoms. The summed E-state index contributed by atoms with van der Waals surface area (Å²) in [5, 5.41) is 5.66. The van der Waals surface area contributed by atoms with Crippen LogP contribution in [0.5, 0.6) is 17.2 Å². The standard InChI is InChI=1S/C30H26N4O6/c1-4-8-19-13-18(14-25(38-3)28(19)39-17-27(31)35)16-32-34-29(33-22-10-6-5-9-20(22)30(34)36)26-15-21-23(37-2)11-7-12-24(21)40-26/h4-7,9-16H,1,8,17H2,2-3H3,(H2,31,35). The van der Waals surface area contributed by atoms with Gasteiger partial charge in [0.1, 0.15) is 11.3 Å². The van der Waals surface area contributed by atoms with Crippen LogP contribution in [0, 0.1) is 0 Å². The van der Waals surface area contributed by atoms with E-state index in [1.165, 1.54) is 18.0 Å². The van der Waals surface area contributed by atoms with E-state index in [4.69, 9.17) is 29.3 Å². The topological polar surface area (TPSA) is 131 Å². The second-order valence-electron chi connectivity index (χ2n) is 8.76. The Balaban J connectivity index is 1.66. The molecule has 0 aliphatic carbocycles. The van der Waals surface area contributed by atoms with E-state index in [2.05, 4.69) is 11.7 Å². The van der Waals surface area contributed by atoms with Crippen LogP contribution in [0.3, 0.4) is 0 Å². The van der Waals surface area contributed by atoms with E-state index in [-0.39, 0.29) is 18.0 Å². The molecule has 2 heterocycles. The zero-order chi connectivity index (χ0) is 28.2. The highest BCUT2D eigenvalue weighted by Gasteiger charge is 2.18. The van der Waals surface area contributed by atoms with Gasteiger partial charge in [0.2, 0.25) is 5.82 Å². The quantitative estimate of drug-likeness (QED) is 0.207. The number of furan rings is 1. The number of rotatable bonds is 10. The largest absolute Gasteiger partial charge is 0.496 e. The van der Waals surface area contributed by atoms with Crippen molar-refractivity contribution in [3.63, 3.8) is 0 Å². The first-order chi connectivity index (χ1) is 19.4. The fourth-order valence-electron chi connectivity index (χ4n) is 4.36. The predicted octanol–water partition coefficient (Wildman–Crippen LogP) is 4.30. The van der Waals surface area contributed by atoms with Crippen molar-refractivity contribution in [2.24, 2.45) is 10.8 Å². The Morgan fingerprint density at radius 1 is 1.07 bits per heavy atom. The summed E-state index contributed by atoms with van der Waals surface area (Å²) >= 11 is 0. The van der Waals surface area contributed by atoms with Gasteiger partial charge < -0.3 is 24.4 Å². The maximum atomic E-state index is 13.6. The Bertz CT molecular complexity index is 1840. The number of hydrogen-bond acceptors (Lipinski definition) is 8. The molecule has 0 spiro atoms. The molecule has 10 heteroatoms. The fraction of sp³-hybridized carbons (Fsp3) is 0.133. The maximum Gasteiger partial charge on any atom is 0.282 e. The predicted molar refractivity (Wildman–Crippen MR) is 152 cm³/mol. The van der Waals surface area contributed by atoms with Crippen LogP contribution < -0.4 is 25.5 Å². The van der Waals surface area contributed by atoms with Crippen molar-refractivity contribution in [1.29, 1.82) is 0 Å². The molecule has 40 heavy (non-hydrogen) atoms. The average molecular weight is 539 g/mol. The summed E-state index contributed by atoms with van der Waals surface area (Å²) in [7, 11) is 3.06. The van der Waals surface area contributed by atoms with Gasteiger partial charge in [0.15, 0.2) is 23.9 Å². The minimum Gasteiger partial charge on any atom is -0.496 e. The Kier molecular flexibility index (Phi) is 7.32. The number of hydrogen-bond donors (Lipinski definition) is 1. The molecule has 0 fully saturated rings. The van der Waals surface area contributed by atoms with E-state index in [1.54, 1.807) is 49.6 Å². The van der Waals surface area contributed by atoms with Crippen molar-refractivity contribution in [2.45, 2.75) is 6.42 Å². The number of primary amides is 1. The van der Waals surface area contributed by atoms with Gasteiger partial charge in [-0.2, -0.15) is 9.78 Å². The van der Waals surface area contributed by atoms with Crippen LogP contribution in [0.1, 0.15) is 11.1 Å². The van der Waals surface area contributed by atoms with Crippen LogP contribution in [-0.2, 0) is 11.2 Å². The number of nitrogens with zero attached hydrogens (tertiary/aromatic N) is 3. The Hall–Kier alpha value is -5.38. The van der Waals surface area contributed by atoms with Crippen molar-refractivity contribution < 1.29 is 23.4 Å². The molecule has 3 aromatic carbocycles. The highest BCUT2D eigenvalue weighted by molar-refractivity contribution is 5.89. The fourth-order valence-corrected chi connectivity index (χ4v) is 4.36. The van der Waals surface area contributed by atoms with E-state index in [0.29, 0.717) is 57.0 Å². The number of carbonyl (C=O) groups is 1. The molecular weight excluding hydrogens is 512 g/mol. The monoisotopic (exact) mass is 538 g/mol. The Morgan fingerprint density at radius 3 is 2.62 bits per heavy atom. The molecule has 2 aromatic heterocycles. The lowest BCUT2D eigenvalue weighted by molar-refractivity contribution is -0.119. The third kappa shape index (κ3) is 5.02. The molecule has 5 rings (SSSR count). The first kappa shape index (κ1) is 26.2. The molecule has 10 nitrogen and oxygen atoms in total. The van der Waals surface area contributed by atoms with Gasteiger partial charge in [-0.15, -0.1) is 6.58 Å². The van der Waals surface area contributed by atoms with Gasteiger partial charge in [-0.3, -0.25) is 9.59 Å². The molecule has 1 amide bonds. The minimum atomic E-state index is -0.615. The van der Waals surface area contributed by atoms with Gasteiger partial charge in [-0.1, -0.05) is 24.3 Å². The second-order valence-corrected chi connectivity index (χ2v) is 8.76. The normalized spacial score (nSPS) is 11.2. The van der Waals surface area contributed by atoms with Crippen LogP contribution in [-0.4, -0.2) is 42.6 Å². The number of benzene rings is 3. The van der Waals surface area contributed by atoms with Crippen LogP contribution in [0.25, 0.3) is 33.5 Å². The molecule has 5 aromatic rings. The molecule has 202 valence electrons. The number of carbonyl (C=O) groups excluding carboxylic acids is 1. The Labute approximate surface area is 228 Å². The average Bonchev–Trinajstić information content (AvgIpc) is 3.40. The summed E-state index contributed by atoms with van der Waals surface area (Å²) in [6.45, 7) is 3.48. The molecule has 0 atom stereocenters. The van der Waals surface area contributed by atoms with E-state index >= 15 is 0 Å². The molecule has 2 N–H and O–H groups in total. The van der Waals surface area contributed by atoms with Crippen LogP contribution in [0.15, 0.2) is 87.6 Å². The summed E-state index contributed by atoms with van der Waals surface area (Å²) in [6, 6.07) is 17.7. The number of nitrogens with two attached hydrogens (primary N) is 1. The van der Waals surface area contributed by atoms with Crippen molar-refractivity contribution in [3.8, 4) is 28.8 Å². The molecule has 0 radical (unpaired) electrons. The smallest absolute Gasteiger partial charge is 0.282 e. The number of aromatic nitrogens is 2. The van der Waals surface area contributed by atoms with E-state index in [9.17, 15) is 9.59 Å². The third-order valence-corrected chi connectivity index (χ3v) is 6.13. The van der Waals surface area contributed by atoms with Crippen molar-refractivity contribution in [3.05, 3.63) is 94.8 Å². The summed E-state index contributed by atoms with van der Waals surface area (Å²) in [6.07, 6.45) is 3.63. The van der Waals surface area contributed by atoms with Gasteiger partial charge in [0, 0.05) is 5.56 Å². The van der Waals surface area contributed by atoms with Crippen molar-refractivity contribution in [2.75, 3.05) is 20.8 Å². The number of amides is 1. The van der Waals surface area contributed by atoms with Crippen molar-refractivity contribution >= 4 is 34.0 Å². The summed E-state index contributed by atoms with van der Waals surface area (Å²) in [4.78, 5) is 29.6. The maximum absolute atomic E-state index is 13.6. The van der Waals surface area contributed by atoms with Gasteiger partial charge in [-0.05, 0) is 54.4 Å². The van der Waals surface area contributed by atoms with E-state index in [0.717, 1.165) is 5.39 Å². The summed E-state index contributed by atoms with van der Waals surface area (Å²) in [5.41, 5.74) is 7.28. The molecule has 0 unspecified atom stereocenters. The van der Waals surface area contributed by atoms with Gasteiger partial charge in [0.25, 0.3) is 11.5 Å². The third-order valence-electron chi connectivity index (χ3n) is 6.13. The molecule has 0 saturated carbocycles. The lowest BCUT2D eigenvalue weighted by Gasteiger charge is -2.15. The van der Waals surface area contributed by atoms with Gasteiger partial charge in [-0.25, -0.2) is 4.98 Å². The molecule has 0 aliphatic heterocycles. The highest BCUT2D eigenvalue weighted by atomic mass is 16.5. The van der Waals surface area contributed by atoms with Gasteiger partial charge in [0.05, 0.1) is 36.7 Å². The van der Waals surface area contributed by atoms with E-state index in [1.807, 2.05) is 24.3 Å². The lowest BCUT2D eigenvalue weighted by atomic mass is 10.1. The zero-order valence-electron chi connectivity index (χ0n) is 21.9. The summed E-state index contributed by atoms with van der Waals surface area (Å²) < 4.78 is 23.9. The van der Waals surface area contributed by atoms with E-state index < -0.39 is 5.91 Å². The minimum absolute atomic E-state index is 0.220.